The van der Waals surface area contributed by atoms with Gasteiger partial charge in [0, 0.05) is 33.3 Å². The van der Waals surface area contributed by atoms with Crippen molar-refractivity contribution in [1.82, 2.24) is 0 Å². The fourth-order valence-electron chi connectivity index (χ4n) is 4.45. The van der Waals surface area contributed by atoms with Crippen LogP contribution < -0.4 is 4.74 Å². The fraction of sp³-hybridized carbons (Fsp3) is 0.594. The molecule has 9 nitrogen and oxygen atoms in total. The van der Waals surface area contributed by atoms with Gasteiger partial charge in [-0.15, -0.1) is 0 Å². The Morgan fingerprint density at radius 1 is 1.00 bits per heavy atom. The lowest BCUT2D eigenvalue weighted by molar-refractivity contribution is -0.297. The maximum atomic E-state index is 13.2. The lowest BCUT2D eigenvalue weighted by Gasteiger charge is -2.44. The second-order valence-corrected chi connectivity index (χ2v) is 16.4. The summed E-state index contributed by atoms with van der Waals surface area (Å²) in [5, 5.41) is -0.0260. The monoisotopic (exact) mass is 606 g/mol. The minimum Gasteiger partial charge on any atom is -0.497 e. The largest absolute Gasteiger partial charge is 0.497 e. The van der Waals surface area contributed by atoms with E-state index in [1.165, 1.54) is 14.2 Å². The Morgan fingerprint density at radius 2 is 1.64 bits per heavy atom. The summed E-state index contributed by atoms with van der Waals surface area (Å²) in [5.41, 5.74) is 1.32. The molecule has 42 heavy (non-hydrogen) atoms. The van der Waals surface area contributed by atoms with Gasteiger partial charge in [-0.05, 0) is 41.9 Å². The number of rotatable bonds is 15. The van der Waals surface area contributed by atoms with Gasteiger partial charge in [0.1, 0.15) is 30.2 Å². The molecule has 6 atom stereocenters. The molecule has 1 heterocycles. The van der Waals surface area contributed by atoms with E-state index in [4.69, 9.17) is 37.6 Å². The van der Waals surface area contributed by atoms with Gasteiger partial charge < -0.3 is 37.6 Å². The summed E-state index contributed by atoms with van der Waals surface area (Å²) in [6.07, 6.45) is 3.78. The summed E-state index contributed by atoms with van der Waals surface area (Å²) in [5.74, 6) is 0.264. The molecule has 2 rings (SSSR count). The third-order valence-electron chi connectivity index (χ3n) is 7.86. The summed E-state index contributed by atoms with van der Waals surface area (Å²) in [6, 6.07) is 7.59. The molecule has 0 bridgehead atoms. The SMILES string of the molecule is C=C/C=C/[C@H](C/C(=C\[C@H]1O[C@@H](OC)[C@H](OC)[C@@H](OC)[C@@H]1OCc1ccc(OC)cc1)C(=O)OC)O[Si](C)(C)C(C)(C)C. The van der Waals surface area contributed by atoms with Crippen molar-refractivity contribution < 1.29 is 42.4 Å². The Morgan fingerprint density at radius 3 is 2.14 bits per heavy atom. The minimum absolute atomic E-state index is 0.0260. The maximum Gasteiger partial charge on any atom is 0.333 e. The van der Waals surface area contributed by atoms with Crippen molar-refractivity contribution in [2.45, 2.75) is 88.7 Å². The lowest BCUT2D eigenvalue weighted by atomic mass is 9.95. The molecule has 0 aliphatic carbocycles. The molecule has 1 aromatic rings. The van der Waals surface area contributed by atoms with Gasteiger partial charge in [0.05, 0.1) is 26.9 Å². The molecule has 10 heteroatoms. The normalized spacial score (nSPS) is 24.4. The Bertz CT molecular complexity index is 1050. The summed E-state index contributed by atoms with van der Waals surface area (Å²) in [6.45, 7) is 14.9. The van der Waals surface area contributed by atoms with Crippen molar-refractivity contribution in [2.75, 3.05) is 35.5 Å². The molecule has 0 amide bonds. The zero-order chi connectivity index (χ0) is 31.5. The van der Waals surface area contributed by atoms with Crippen LogP contribution in [0.3, 0.4) is 0 Å². The predicted molar refractivity (Wildman–Crippen MR) is 165 cm³/mol. The van der Waals surface area contributed by atoms with Crippen molar-refractivity contribution in [3.8, 4) is 5.75 Å². The van der Waals surface area contributed by atoms with Crippen LogP contribution >= 0.6 is 0 Å². The first-order chi connectivity index (χ1) is 19.8. The number of esters is 1. The Hall–Kier alpha value is -2.31. The third-order valence-corrected chi connectivity index (χ3v) is 12.4. The standard InChI is InChI=1S/C32H50O9Si/c1-12-13-14-25(41-42(10,11)32(2,3)4)19-23(30(33)37-8)20-26-27(28(35-6)29(36-7)31(38-9)40-26)39-21-22-15-17-24(34-5)18-16-22/h12-18,20,25-29,31H,1,19,21H2,2-11H3/b14-13+,23-20+/t25-,26-,27-,28+,29-,31-/m1/s1. The molecular weight excluding hydrogens is 556 g/mol. The molecule has 0 unspecified atom stereocenters. The van der Waals surface area contributed by atoms with Crippen LogP contribution in [-0.4, -0.2) is 86.6 Å². The number of methoxy groups -OCH3 is 5. The lowest BCUT2D eigenvalue weighted by Crippen LogP contribution is -2.59. The number of allylic oxidation sites excluding steroid dienone is 2. The summed E-state index contributed by atoms with van der Waals surface area (Å²) in [7, 11) is 5.48. The highest BCUT2D eigenvalue weighted by Crippen LogP contribution is 2.38. The van der Waals surface area contributed by atoms with Gasteiger partial charge in [0.25, 0.3) is 0 Å². The van der Waals surface area contributed by atoms with Crippen molar-refractivity contribution in [2.24, 2.45) is 0 Å². The highest BCUT2D eigenvalue weighted by Gasteiger charge is 2.47. The molecule has 0 aromatic heterocycles. The van der Waals surface area contributed by atoms with E-state index in [0.29, 0.717) is 5.57 Å². The van der Waals surface area contributed by atoms with Crippen LogP contribution in [0.4, 0.5) is 0 Å². The zero-order valence-corrected chi connectivity index (χ0v) is 27.9. The van der Waals surface area contributed by atoms with Gasteiger partial charge in [0.2, 0.25) is 0 Å². The van der Waals surface area contributed by atoms with Crippen LogP contribution in [0.25, 0.3) is 0 Å². The first-order valence-electron chi connectivity index (χ1n) is 14.1. The molecule has 0 spiro atoms. The minimum atomic E-state index is -2.19. The van der Waals surface area contributed by atoms with E-state index in [0.717, 1.165) is 11.3 Å². The number of hydrogen-bond donors (Lipinski definition) is 0. The first kappa shape index (κ1) is 35.9. The van der Waals surface area contributed by atoms with E-state index in [9.17, 15) is 4.79 Å². The molecule has 1 aliphatic heterocycles. The topological polar surface area (TPSA) is 90.9 Å². The van der Waals surface area contributed by atoms with Gasteiger partial charge >= 0.3 is 5.97 Å². The number of carbonyl (C=O) groups is 1. The van der Waals surface area contributed by atoms with Crippen LogP contribution in [-0.2, 0) is 44.2 Å². The number of carbonyl (C=O) groups excluding carboxylic acids is 1. The Kier molecular flexibility index (Phi) is 14.1. The molecule has 1 fully saturated rings. The molecule has 0 N–H and O–H groups in total. The van der Waals surface area contributed by atoms with Crippen LogP contribution in [0.2, 0.25) is 18.1 Å². The number of hydrogen-bond acceptors (Lipinski definition) is 9. The molecule has 236 valence electrons. The Balaban J connectivity index is 2.50. The highest BCUT2D eigenvalue weighted by atomic mass is 28.4. The second-order valence-electron chi connectivity index (χ2n) is 11.7. The van der Waals surface area contributed by atoms with E-state index in [-0.39, 0.29) is 24.2 Å². The van der Waals surface area contributed by atoms with Crippen molar-refractivity contribution in [1.29, 1.82) is 0 Å². The average molecular weight is 607 g/mol. The van der Waals surface area contributed by atoms with Gasteiger partial charge in [-0.25, -0.2) is 4.79 Å². The summed E-state index contributed by atoms with van der Waals surface area (Å²) >= 11 is 0. The molecule has 1 aliphatic rings. The Labute approximate surface area is 252 Å². The third kappa shape index (κ3) is 9.60. The van der Waals surface area contributed by atoms with Crippen molar-refractivity contribution in [3.05, 3.63) is 66.3 Å². The van der Waals surface area contributed by atoms with E-state index >= 15 is 0 Å². The van der Waals surface area contributed by atoms with E-state index in [1.54, 1.807) is 33.5 Å². The van der Waals surface area contributed by atoms with E-state index in [2.05, 4.69) is 40.4 Å². The average Bonchev–Trinajstić information content (AvgIpc) is 2.96. The van der Waals surface area contributed by atoms with Gasteiger partial charge in [-0.3, -0.25) is 0 Å². The fourth-order valence-corrected chi connectivity index (χ4v) is 5.72. The number of ether oxygens (including phenoxy) is 7. The molecular formula is C32H50O9Si. The maximum absolute atomic E-state index is 13.2. The predicted octanol–water partition coefficient (Wildman–Crippen LogP) is 5.60. The number of benzene rings is 1. The quantitative estimate of drug-likeness (QED) is 0.109. The van der Waals surface area contributed by atoms with Gasteiger partial charge in [0.15, 0.2) is 14.6 Å². The smallest absolute Gasteiger partial charge is 0.333 e. The second kappa shape index (κ2) is 16.5. The molecule has 0 radical (unpaired) electrons. The zero-order valence-electron chi connectivity index (χ0n) is 26.9. The van der Waals surface area contributed by atoms with E-state index < -0.39 is 45.0 Å². The van der Waals surface area contributed by atoms with Gasteiger partial charge in [-0.1, -0.05) is 57.7 Å². The van der Waals surface area contributed by atoms with Crippen molar-refractivity contribution >= 4 is 14.3 Å². The van der Waals surface area contributed by atoms with Crippen molar-refractivity contribution in [3.63, 3.8) is 0 Å². The summed E-state index contributed by atoms with van der Waals surface area (Å²) < 4.78 is 47.1. The first-order valence-corrected chi connectivity index (χ1v) is 17.0. The van der Waals surface area contributed by atoms with Crippen LogP contribution in [0, 0.1) is 0 Å². The van der Waals surface area contributed by atoms with Crippen LogP contribution in [0.5, 0.6) is 5.75 Å². The highest BCUT2D eigenvalue weighted by molar-refractivity contribution is 6.74. The van der Waals surface area contributed by atoms with Crippen LogP contribution in [0.1, 0.15) is 32.8 Å². The molecule has 0 saturated carbocycles. The summed E-state index contributed by atoms with van der Waals surface area (Å²) in [4.78, 5) is 13.2. The van der Waals surface area contributed by atoms with Crippen LogP contribution in [0.15, 0.2) is 60.7 Å². The molecule has 1 aromatic carbocycles. The van der Waals surface area contributed by atoms with E-state index in [1.807, 2.05) is 36.4 Å². The molecule has 1 saturated heterocycles. The van der Waals surface area contributed by atoms with Gasteiger partial charge in [-0.2, -0.15) is 0 Å².